The fraction of sp³-hybridized carbons (Fsp3) is 0.350. The Kier molecular flexibility index (Phi) is 6.11. The fourth-order valence-electron chi connectivity index (χ4n) is 3.10. The summed E-state index contributed by atoms with van der Waals surface area (Å²) >= 11 is 0. The van der Waals surface area contributed by atoms with Crippen molar-refractivity contribution in [2.45, 2.75) is 6.42 Å². The maximum Gasteiger partial charge on any atom is 0.191 e. The minimum atomic E-state index is -0.372. The van der Waals surface area contributed by atoms with Crippen LogP contribution in [0.4, 0.5) is 14.5 Å². The summed E-state index contributed by atoms with van der Waals surface area (Å²) in [5.74, 6) is 0.153. The van der Waals surface area contributed by atoms with Crippen molar-refractivity contribution >= 4 is 11.6 Å². The summed E-state index contributed by atoms with van der Waals surface area (Å²) < 4.78 is 31.5. The smallest absolute Gasteiger partial charge is 0.191 e. The van der Waals surface area contributed by atoms with Crippen LogP contribution < -0.4 is 15.4 Å². The predicted octanol–water partition coefficient (Wildman–Crippen LogP) is 2.65. The minimum Gasteiger partial charge on any atom is -0.494 e. The van der Waals surface area contributed by atoms with Gasteiger partial charge in [-0.3, -0.25) is 4.99 Å². The van der Waals surface area contributed by atoms with Crippen molar-refractivity contribution in [2.24, 2.45) is 10.7 Å². The van der Waals surface area contributed by atoms with Gasteiger partial charge in [-0.2, -0.15) is 0 Å². The normalized spacial score (nSPS) is 15.1. The molecule has 0 aromatic heterocycles. The molecular weight excluding hydrogens is 350 g/mol. The number of nitrogens with zero attached hydrogens (tertiary/aromatic N) is 3. The summed E-state index contributed by atoms with van der Waals surface area (Å²) in [5, 5.41) is 0. The minimum absolute atomic E-state index is 0.229. The van der Waals surface area contributed by atoms with E-state index < -0.39 is 0 Å². The first-order chi connectivity index (χ1) is 13.1. The zero-order chi connectivity index (χ0) is 19.2. The Morgan fingerprint density at radius 3 is 2.44 bits per heavy atom. The third kappa shape index (κ3) is 4.87. The molecule has 2 N–H and O–H groups in total. The Balaban J connectivity index is 1.50. The molecule has 1 aliphatic heterocycles. The molecular formula is C20H24F2N4O. The zero-order valence-corrected chi connectivity index (χ0v) is 15.4. The van der Waals surface area contributed by atoms with Gasteiger partial charge in [0.25, 0.3) is 0 Å². The summed E-state index contributed by atoms with van der Waals surface area (Å²) in [7, 11) is 1.45. The number of hydrogen-bond donors (Lipinski definition) is 1. The van der Waals surface area contributed by atoms with Crippen LogP contribution in [-0.2, 0) is 6.42 Å². The Morgan fingerprint density at radius 2 is 1.78 bits per heavy atom. The van der Waals surface area contributed by atoms with Gasteiger partial charge in [-0.15, -0.1) is 0 Å². The van der Waals surface area contributed by atoms with Crippen LogP contribution in [0.3, 0.4) is 0 Å². The topological polar surface area (TPSA) is 54.1 Å². The summed E-state index contributed by atoms with van der Waals surface area (Å²) in [6, 6.07) is 11.3. The Labute approximate surface area is 158 Å². The van der Waals surface area contributed by atoms with Gasteiger partial charge in [-0.05, 0) is 48.4 Å². The first kappa shape index (κ1) is 18.9. The van der Waals surface area contributed by atoms with Crippen LogP contribution in [0.5, 0.6) is 5.75 Å². The molecule has 0 bridgehead atoms. The van der Waals surface area contributed by atoms with Gasteiger partial charge in [0.15, 0.2) is 17.5 Å². The van der Waals surface area contributed by atoms with Crippen molar-refractivity contribution in [3.8, 4) is 5.75 Å². The lowest BCUT2D eigenvalue weighted by atomic mass is 10.1. The van der Waals surface area contributed by atoms with Crippen molar-refractivity contribution in [1.29, 1.82) is 0 Å². The number of piperazine rings is 1. The summed E-state index contributed by atoms with van der Waals surface area (Å²) in [5.41, 5.74) is 8.08. The van der Waals surface area contributed by atoms with Crippen molar-refractivity contribution in [3.63, 3.8) is 0 Å². The third-order valence-electron chi connectivity index (χ3n) is 4.69. The molecule has 0 aliphatic carbocycles. The number of guanidine groups is 1. The van der Waals surface area contributed by atoms with Crippen molar-refractivity contribution in [2.75, 3.05) is 44.7 Å². The van der Waals surface area contributed by atoms with Crippen LogP contribution in [0.2, 0.25) is 0 Å². The van der Waals surface area contributed by atoms with Gasteiger partial charge in [0, 0.05) is 38.4 Å². The van der Waals surface area contributed by atoms with Crippen molar-refractivity contribution < 1.29 is 13.5 Å². The van der Waals surface area contributed by atoms with Gasteiger partial charge in [0.05, 0.1) is 7.11 Å². The van der Waals surface area contributed by atoms with Gasteiger partial charge >= 0.3 is 0 Å². The maximum atomic E-state index is 13.4. The molecule has 3 rings (SSSR count). The molecule has 0 atom stereocenters. The quantitative estimate of drug-likeness (QED) is 0.646. The molecule has 1 aliphatic rings. The van der Waals surface area contributed by atoms with Crippen LogP contribution in [0.25, 0.3) is 0 Å². The van der Waals surface area contributed by atoms with E-state index in [2.05, 4.69) is 9.89 Å². The molecule has 1 fully saturated rings. The number of hydrogen-bond acceptors (Lipinski definition) is 3. The Hall–Kier alpha value is -2.83. The van der Waals surface area contributed by atoms with Gasteiger partial charge in [-0.1, -0.05) is 6.07 Å². The van der Waals surface area contributed by atoms with E-state index in [1.807, 2.05) is 4.90 Å². The molecule has 2 aromatic carbocycles. The molecule has 2 aromatic rings. The van der Waals surface area contributed by atoms with E-state index in [0.29, 0.717) is 18.9 Å². The zero-order valence-electron chi connectivity index (χ0n) is 15.4. The molecule has 0 unspecified atom stereocenters. The fourth-order valence-corrected chi connectivity index (χ4v) is 3.10. The van der Waals surface area contributed by atoms with E-state index in [4.69, 9.17) is 10.5 Å². The second kappa shape index (κ2) is 8.70. The molecule has 1 heterocycles. The monoisotopic (exact) mass is 374 g/mol. The molecule has 5 nitrogen and oxygen atoms in total. The Bertz CT molecular complexity index is 787. The molecule has 0 radical (unpaired) electrons. The third-order valence-corrected chi connectivity index (χ3v) is 4.69. The van der Waals surface area contributed by atoms with Crippen molar-refractivity contribution in [3.05, 3.63) is 59.7 Å². The molecule has 27 heavy (non-hydrogen) atoms. The highest BCUT2D eigenvalue weighted by molar-refractivity contribution is 5.78. The van der Waals surface area contributed by atoms with Gasteiger partial charge in [-0.25, -0.2) is 8.78 Å². The number of halogens is 2. The van der Waals surface area contributed by atoms with E-state index >= 15 is 0 Å². The van der Waals surface area contributed by atoms with E-state index in [0.717, 1.165) is 37.4 Å². The van der Waals surface area contributed by atoms with Gasteiger partial charge < -0.3 is 20.3 Å². The van der Waals surface area contributed by atoms with Crippen LogP contribution in [0, 0.1) is 11.6 Å². The summed E-state index contributed by atoms with van der Waals surface area (Å²) in [6.07, 6.45) is 0.660. The van der Waals surface area contributed by atoms with Crippen molar-refractivity contribution in [1.82, 2.24) is 4.90 Å². The molecule has 7 heteroatoms. The van der Waals surface area contributed by atoms with E-state index in [-0.39, 0.29) is 17.4 Å². The van der Waals surface area contributed by atoms with Crippen LogP contribution in [0.1, 0.15) is 5.56 Å². The highest BCUT2D eigenvalue weighted by Gasteiger charge is 2.18. The van der Waals surface area contributed by atoms with Crippen LogP contribution in [0.15, 0.2) is 47.5 Å². The van der Waals surface area contributed by atoms with Gasteiger partial charge in [0.1, 0.15) is 5.82 Å². The second-order valence-electron chi connectivity index (χ2n) is 6.41. The standard InChI is InChI=1S/C20H24F2N4O/c1-27-19-14-15(2-7-18(19)22)8-9-24-20(23)26-12-10-25(11-13-26)17-5-3-16(21)4-6-17/h2-7,14H,8-13H2,1H3,(H2,23,24). The first-order valence-corrected chi connectivity index (χ1v) is 8.94. The lowest BCUT2D eigenvalue weighted by Crippen LogP contribution is -2.51. The molecule has 0 amide bonds. The molecule has 0 spiro atoms. The van der Waals surface area contributed by atoms with Gasteiger partial charge in [0.2, 0.25) is 0 Å². The first-order valence-electron chi connectivity index (χ1n) is 8.94. The number of ether oxygens (including phenoxy) is 1. The molecule has 0 saturated carbocycles. The van der Waals surface area contributed by atoms with E-state index in [1.54, 1.807) is 24.3 Å². The summed E-state index contributed by atoms with van der Waals surface area (Å²) in [6.45, 7) is 3.65. The largest absolute Gasteiger partial charge is 0.494 e. The van der Waals surface area contributed by atoms with Crippen LogP contribution >= 0.6 is 0 Å². The summed E-state index contributed by atoms with van der Waals surface area (Å²) in [4.78, 5) is 8.70. The number of rotatable bonds is 5. The lowest BCUT2D eigenvalue weighted by Gasteiger charge is -2.36. The average molecular weight is 374 g/mol. The van der Waals surface area contributed by atoms with E-state index in [1.165, 1.54) is 25.3 Å². The maximum absolute atomic E-state index is 13.4. The predicted molar refractivity (Wildman–Crippen MR) is 103 cm³/mol. The van der Waals surface area contributed by atoms with Crippen LogP contribution in [-0.4, -0.2) is 50.7 Å². The Morgan fingerprint density at radius 1 is 1.07 bits per heavy atom. The average Bonchev–Trinajstić information content (AvgIpc) is 2.70. The number of aliphatic imine (C=N–C) groups is 1. The second-order valence-corrected chi connectivity index (χ2v) is 6.41. The number of nitrogens with two attached hydrogens (primary N) is 1. The highest BCUT2D eigenvalue weighted by Crippen LogP contribution is 2.19. The van der Waals surface area contributed by atoms with E-state index in [9.17, 15) is 8.78 Å². The highest BCUT2D eigenvalue weighted by atomic mass is 19.1. The lowest BCUT2D eigenvalue weighted by molar-refractivity contribution is 0.380. The SMILES string of the molecule is COc1cc(CCN=C(N)N2CCN(c3ccc(F)cc3)CC2)ccc1F. The molecule has 144 valence electrons. The number of benzene rings is 2. The number of anilines is 1. The molecule has 1 saturated heterocycles. The number of methoxy groups -OCH3 is 1.